The molecule has 0 N–H and O–H groups in total. The summed E-state index contributed by atoms with van der Waals surface area (Å²) in [6.45, 7) is 3.68. The van der Waals surface area contributed by atoms with Gasteiger partial charge in [-0.25, -0.2) is 0 Å². The number of piperidine rings is 1. The molecule has 1 fully saturated rings. The van der Waals surface area contributed by atoms with Gasteiger partial charge >= 0.3 is 0 Å². The van der Waals surface area contributed by atoms with Crippen LogP contribution >= 0.6 is 0 Å². The molecule has 1 aliphatic heterocycles. The van der Waals surface area contributed by atoms with Crippen LogP contribution in [0.1, 0.15) is 31.2 Å². The molecule has 0 radical (unpaired) electrons. The third-order valence-electron chi connectivity index (χ3n) is 3.01. The van der Waals surface area contributed by atoms with E-state index in [1.165, 1.54) is 32.4 Å². The molecule has 1 heteroatoms. The van der Waals surface area contributed by atoms with Crippen molar-refractivity contribution in [2.75, 3.05) is 19.6 Å². The minimum absolute atomic E-state index is 0.995. The molecule has 2 rings (SSSR count). The molecule has 1 aliphatic rings. The van der Waals surface area contributed by atoms with E-state index >= 15 is 0 Å². The zero-order valence-electron chi connectivity index (χ0n) is 9.78. The van der Waals surface area contributed by atoms with E-state index in [1.807, 2.05) is 18.2 Å². The van der Waals surface area contributed by atoms with Crippen LogP contribution in [-0.2, 0) is 0 Å². The van der Waals surface area contributed by atoms with Crippen molar-refractivity contribution in [3.05, 3.63) is 35.9 Å². The highest BCUT2D eigenvalue weighted by Crippen LogP contribution is 2.08. The Bertz CT molecular complexity index is 352. The average molecular weight is 213 g/mol. The van der Waals surface area contributed by atoms with Gasteiger partial charge in [0.05, 0.1) is 0 Å². The second-order valence-corrected chi connectivity index (χ2v) is 4.32. The summed E-state index contributed by atoms with van der Waals surface area (Å²) in [7, 11) is 0. The average Bonchev–Trinajstić information content (AvgIpc) is 2.37. The maximum absolute atomic E-state index is 3.26. The van der Waals surface area contributed by atoms with Crippen LogP contribution in [0.15, 0.2) is 30.3 Å². The highest BCUT2D eigenvalue weighted by molar-refractivity contribution is 5.33. The van der Waals surface area contributed by atoms with Crippen molar-refractivity contribution in [2.45, 2.75) is 25.7 Å². The number of benzene rings is 1. The Morgan fingerprint density at radius 2 is 1.75 bits per heavy atom. The summed E-state index contributed by atoms with van der Waals surface area (Å²) in [5, 5.41) is 0. The first-order valence-electron chi connectivity index (χ1n) is 6.21. The summed E-state index contributed by atoms with van der Waals surface area (Å²) in [6, 6.07) is 10.2. The molecular weight excluding hydrogens is 194 g/mol. The second kappa shape index (κ2) is 6.35. The van der Waals surface area contributed by atoms with Gasteiger partial charge < -0.3 is 4.90 Å². The second-order valence-electron chi connectivity index (χ2n) is 4.32. The van der Waals surface area contributed by atoms with Crippen LogP contribution < -0.4 is 0 Å². The highest BCUT2D eigenvalue weighted by Gasteiger charge is 2.07. The van der Waals surface area contributed by atoms with Crippen molar-refractivity contribution in [1.29, 1.82) is 0 Å². The lowest BCUT2D eigenvalue weighted by atomic mass is 10.1. The number of rotatable bonds is 2. The molecule has 84 valence electrons. The first-order valence-corrected chi connectivity index (χ1v) is 6.21. The van der Waals surface area contributed by atoms with Crippen molar-refractivity contribution < 1.29 is 0 Å². The van der Waals surface area contributed by atoms with Gasteiger partial charge in [0.15, 0.2) is 0 Å². The summed E-state index contributed by atoms with van der Waals surface area (Å²) in [5.41, 5.74) is 1.13. The van der Waals surface area contributed by atoms with Crippen LogP contribution in [0.2, 0.25) is 0 Å². The van der Waals surface area contributed by atoms with Crippen molar-refractivity contribution in [3.63, 3.8) is 0 Å². The summed E-state index contributed by atoms with van der Waals surface area (Å²) < 4.78 is 0. The third-order valence-corrected chi connectivity index (χ3v) is 3.01. The Balaban J connectivity index is 1.73. The number of hydrogen-bond donors (Lipinski definition) is 0. The Morgan fingerprint density at radius 3 is 2.50 bits per heavy atom. The molecule has 1 saturated heterocycles. The summed E-state index contributed by atoms with van der Waals surface area (Å²) in [4.78, 5) is 2.53. The van der Waals surface area contributed by atoms with Crippen molar-refractivity contribution >= 4 is 0 Å². The molecule has 1 aromatic carbocycles. The van der Waals surface area contributed by atoms with E-state index in [4.69, 9.17) is 0 Å². The van der Waals surface area contributed by atoms with Crippen LogP contribution in [0.5, 0.6) is 0 Å². The predicted molar refractivity (Wildman–Crippen MR) is 68.2 cm³/mol. The zero-order valence-corrected chi connectivity index (χ0v) is 9.78. The summed E-state index contributed by atoms with van der Waals surface area (Å²) in [5.74, 6) is 6.46. The monoisotopic (exact) mass is 213 g/mol. The number of nitrogens with zero attached hydrogens (tertiary/aromatic N) is 1. The normalized spacial score (nSPS) is 16.5. The molecule has 0 amide bonds. The molecule has 0 atom stereocenters. The molecule has 0 aliphatic carbocycles. The van der Waals surface area contributed by atoms with Gasteiger partial charge in [-0.15, -0.1) is 0 Å². The van der Waals surface area contributed by atoms with E-state index in [1.54, 1.807) is 0 Å². The van der Waals surface area contributed by atoms with Gasteiger partial charge in [-0.2, -0.15) is 0 Å². The van der Waals surface area contributed by atoms with E-state index in [0.717, 1.165) is 18.5 Å². The van der Waals surface area contributed by atoms with Crippen LogP contribution in [0.25, 0.3) is 0 Å². The van der Waals surface area contributed by atoms with Gasteiger partial charge in [-0.05, 0) is 38.1 Å². The van der Waals surface area contributed by atoms with Crippen LogP contribution in [0.3, 0.4) is 0 Å². The first-order chi connectivity index (χ1) is 7.95. The minimum Gasteiger partial charge on any atom is -0.302 e. The van der Waals surface area contributed by atoms with Gasteiger partial charge in [0.1, 0.15) is 0 Å². The zero-order chi connectivity index (χ0) is 11.1. The van der Waals surface area contributed by atoms with Crippen molar-refractivity contribution in [3.8, 4) is 11.8 Å². The van der Waals surface area contributed by atoms with Crippen LogP contribution in [0, 0.1) is 11.8 Å². The Labute approximate surface area is 98.5 Å². The lowest BCUT2D eigenvalue weighted by Crippen LogP contribution is -2.30. The molecule has 16 heavy (non-hydrogen) atoms. The van der Waals surface area contributed by atoms with Crippen molar-refractivity contribution in [2.24, 2.45) is 0 Å². The predicted octanol–water partition coefficient (Wildman–Crippen LogP) is 2.91. The largest absolute Gasteiger partial charge is 0.302 e. The van der Waals surface area contributed by atoms with Gasteiger partial charge in [0.2, 0.25) is 0 Å². The minimum atomic E-state index is 0.995. The maximum atomic E-state index is 3.26. The fourth-order valence-corrected chi connectivity index (χ4v) is 2.08. The lowest BCUT2D eigenvalue weighted by molar-refractivity contribution is 0.234. The fourth-order valence-electron chi connectivity index (χ4n) is 2.08. The van der Waals surface area contributed by atoms with Gasteiger partial charge in [-0.1, -0.05) is 36.5 Å². The van der Waals surface area contributed by atoms with Crippen molar-refractivity contribution in [1.82, 2.24) is 4.90 Å². The highest BCUT2D eigenvalue weighted by atomic mass is 15.1. The summed E-state index contributed by atoms with van der Waals surface area (Å²) in [6.07, 6.45) is 5.14. The number of likely N-dealkylation sites (tertiary alicyclic amines) is 1. The van der Waals surface area contributed by atoms with E-state index < -0.39 is 0 Å². The fraction of sp³-hybridized carbons (Fsp3) is 0.467. The molecule has 0 unspecified atom stereocenters. The van der Waals surface area contributed by atoms with E-state index in [-0.39, 0.29) is 0 Å². The van der Waals surface area contributed by atoms with E-state index in [2.05, 4.69) is 28.9 Å². The summed E-state index contributed by atoms with van der Waals surface area (Å²) >= 11 is 0. The standard InChI is InChI=1S/C15H19N/c1-3-9-15(10-4-1)11-5-8-14-16-12-6-2-7-13-16/h1,3-4,9-10H,2,6-8,12-14H2. The molecule has 0 aromatic heterocycles. The molecule has 0 spiro atoms. The quantitative estimate of drug-likeness (QED) is 0.683. The lowest BCUT2D eigenvalue weighted by Gasteiger charge is -2.25. The smallest absolute Gasteiger partial charge is 0.0245 e. The Hall–Kier alpha value is -1.26. The SMILES string of the molecule is C(#Cc1ccccc1)CCN1CCCCC1. The van der Waals surface area contributed by atoms with E-state index in [0.29, 0.717) is 0 Å². The molecule has 1 nitrogen and oxygen atoms in total. The third kappa shape index (κ3) is 3.72. The molecule has 0 bridgehead atoms. The molecule has 1 aromatic rings. The van der Waals surface area contributed by atoms with Gasteiger partial charge in [0, 0.05) is 18.5 Å². The van der Waals surface area contributed by atoms with Crippen LogP contribution in [0.4, 0.5) is 0 Å². The van der Waals surface area contributed by atoms with Gasteiger partial charge in [-0.3, -0.25) is 0 Å². The molecule has 1 heterocycles. The molecule has 0 saturated carbocycles. The van der Waals surface area contributed by atoms with E-state index in [9.17, 15) is 0 Å². The topological polar surface area (TPSA) is 3.24 Å². The number of hydrogen-bond acceptors (Lipinski definition) is 1. The van der Waals surface area contributed by atoms with Gasteiger partial charge in [0.25, 0.3) is 0 Å². The first kappa shape index (κ1) is 11.2. The van der Waals surface area contributed by atoms with Crippen LogP contribution in [-0.4, -0.2) is 24.5 Å². The Morgan fingerprint density at radius 1 is 1.00 bits per heavy atom. The Kier molecular flexibility index (Phi) is 4.46. The molecular formula is C15H19N. The maximum Gasteiger partial charge on any atom is 0.0245 e.